The fraction of sp³-hybridized carbons (Fsp3) is 0.263. The van der Waals surface area contributed by atoms with E-state index in [1.807, 2.05) is 11.4 Å². The summed E-state index contributed by atoms with van der Waals surface area (Å²) in [7, 11) is 0. The summed E-state index contributed by atoms with van der Waals surface area (Å²) in [5, 5.41) is 12.5. The summed E-state index contributed by atoms with van der Waals surface area (Å²) in [6.45, 7) is 5.01. The topological polar surface area (TPSA) is 65.1 Å². The Morgan fingerprint density at radius 2 is 2.03 bits per heavy atom. The van der Waals surface area contributed by atoms with Gasteiger partial charge in [-0.25, -0.2) is 4.98 Å². The highest BCUT2D eigenvalue weighted by atomic mass is 35.5. The molecule has 0 saturated heterocycles. The second-order valence-corrected chi connectivity index (χ2v) is 9.52. The van der Waals surface area contributed by atoms with E-state index in [0.717, 1.165) is 17.3 Å². The molecule has 4 aromatic rings. The Bertz CT molecular complexity index is 1230. The van der Waals surface area contributed by atoms with Gasteiger partial charge in [0.25, 0.3) is 5.56 Å². The third kappa shape index (κ3) is 4.35. The quantitative estimate of drug-likeness (QED) is 0.362. The van der Waals surface area contributed by atoms with Crippen LogP contribution in [0.1, 0.15) is 19.5 Å². The summed E-state index contributed by atoms with van der Waals surface area (Å²) in [4.78, 5) is 17.4. The number of nitrogens with zero attached hydrogens (tertiary/aromatic N) is 5. The minimum atomic E-state index is -0.0795. The lowest BCUT2D eigenvalue weighted by atomic mass is 10.2. The normalized spacial score (nSPS) is 11.6. The van der Waals surface area contributed by atoms with Gasteiger partial charge in [0.2, 0.25) is 0 Å². The molecule has 3 heterocycles. The van der Waals surface area contributed by atoms with Crippen LogP contribution in [0.15, 0.2) is 45.8 Å². The van der Waals surface area contributed by atoms with Crippen molar-refractivity contribution in [3.8, 4) is 11.4 Å². The zero-order valence-electron chi connectivity index (χ0n) is 15.7. The van der Waals surface area contributed by atoms with Gasteiger partial charge in [0.1, 0.15) is 0 Å². The monoisotopic (exact) mass is 465 g/mol. The number of thiazole rings is 1. The molecule has 0 bridgehead atoms. The molecule has 1 aromatic carbocycles. The zero-order chi connectivity index (χ0) is 20.5. The molecule has 0 N–H and O–H groups in total. The predicted octanol–water partition coefficient (Wildman–Crippen LogP) is 5.27. The molecule has 0 saturated carbocycles. The number of hydrogen-bond acceptors (Lipinski definition) is 6. The van der Waals surface area contributed by atoms with Crippen LogP contribution >= 0.6 is 46.3 Å². The van der Waals surface area contributed by atoms with Crippen molar-refractivity contribution in [2.45, 2.75) is 31.3 Å². The van der Waals surface area contributed by atoms with E-state index in [2.05, 4.69) is 33.6 Å². The van der Waals surface area contributed by atoms with Crippen LogP contribution in [0, 0.1) is 5.92 Å². The first-order valence-electron chi connectivity index (χ1n) is 8.89. The Morgan fingerprint density at radius 3 is 2.79 bits per heavy atom. The maximum absolute atomic E-state index is 12.2. The number of fused-ring (bicyclic) bond motifs is 1. The number of halogens is 2. The first kappa shape index (κ1) is 20.4. The van der Waals surface area contributed by atoms with E-state index in [1.165, 1.54) is 23.1 Å². The summed E-state index contributed by atoms with van der Waals surface area (Å²) >= 11 is 15.4. The van der Waals surface area contributed by atoms with Crippen LogP contribution in [0.5, 0.6) is 0 Å². The summed E-state index contributed by atoms with van der Waals surface area (Å²) in [6.07, 6.45) is 1.73. The zero-order valence-corrected chi connectivity index (χ0v) is 18.8. The second-order valence-electron chi connectivity index (χ2n) is 6.86. The van der Waals surface area contributed by atoms with Crippen LogP contribution in [0.3, 0.4) is 0 Å². The highest BCUT2D eigenvalue weighted by molar-refractivity contribution is 7.98. The Balaban J connectivity index is 1.66. The van der Waals surface area contributed by atoms with E-state index in [9.17, 15) is 4.79 Å². The minimum absolute atomic E-state index is 0.0795. The van der Waals surface area contributed by atoms with Gasteiger partial charge in [-0.3, -0.25) is 9.20 Å². The third-order valence-corrected chi connectivity index (χ3v) is 6.45. The molecule has 3 aromatic heterocycles. The molecule has 29 heavy (non-hydrogen) atoms. The SMILES string of the molecule is CC(C)Cn1c(SCc2cc(=O)n3ccsc3n2)nnc1-c1ccc(Cl)cc1Cl. The smallest absolute Gasteiger partial charge is 0.258 e. The van der Waals surface area contributed by atoms with Crippen LogP contribution < -0.4 is 5.56 Å². The average Bonchev–Trinajstić information content (AvgIpc) is 3.27. The van der Waals surface area contributed by atoms with Crippen molar-refractivity contribution in [3.63, 3.8) is 0 Å². The Morgan fingerprint density at radius 1 is 1.21 bits per heavy atom. The van der Waals surface area contributed by atoms with Crippen molar-refractivity contribution < 1.29 is 0 Å². The molecule has 0 amide bonds. The lowest BCUT2D eigenvalue weighted by molar-refractivity contribution is 0.498. The number of benzene rings is 1. The van der Waals surface area contributed by atoms with Crippen molar-refractivity contribution in [1.29, 1.82) is 0 Å². The predicted molar refractivity (Wildman–Crippen MR) is 119 cm³/mol. The average molecular weight is 466 g/mol. The largest absolute Gasteiger partial charge is 0.302 e. The first-order chi connectivity index (χ1) is 13.9. The summed E-state index contributed by atoms with van der Waals surface area (Å²) in [6, 6.07) is 6.91. The molecule has 0 fully saturated rings. The summed E-state index contributed by atoms with van der Waals surface area (Å²) in [5.41, 5.74) is 1.42. The molecule has 10 heteroatoms. The number of rotatable bonds is 6. The number of thioether (sulfide) groups is 1. The van der Waals surface area contributed by atoms with Crippen molar-refractivity contribution in [2.24, 2.45) is 5.92 Å². The molecule has 0 spiro atoms. The van der Waals surface area contributed by atoms with Crippen LogP contribution in [0.2, 0.25) is 10.0 Å². The highest BCUT2D eigenvalue weighted by Crippen LogP contribution is 2.32. The standard InChI is InChI=1S/C19H17Cl2N5OS2/c1-11(2)9-26-17(14-4-3-12(20)7-15(14)21)23-24-19(26)29-10-13-8-16(27)25-5-6-28-18(25)22-13/h3-8,11H,9-10H2,1-2H3. The molecule has 150 valence electrons. The molecule has 0 atom stereocenters. The van der Waals surface area contributed by atoms with E-state index < -0.39 is 0 Å². The number of aromatic nitrogens is 5. The van der Waals surface area contributed by atoms with E-state index in [0.29, 0.717) is 38.2 Å². The maximum atomic E-state index is 12.2. The van der Waals surface area contributed by atoms with Gasteiger partial charge in [0.15, 0.2) is 15.9 Å². The van der Waals surface area contributed by atoms with Crippen molar-refractivity contribution >= 4 is 51.3 Å². The van der Waals surface area contributed by atoms with Gasteiger partial charge >= 0.3 is 0 Å². The first-order valence-corrected chi connectivity index (χ1v) is 11.5. The fourth-order valence-electron chi connectivity index (χ4n) is 2.90. The Labute approximate surface area is 185 Å². The molecule has 0 unspecified atom stereocenters. The van der Waals surface area contributed by atoms with Crippen molar-refractivity contribution in [1.82, 2.24) is 24.1 Å². The molecule has 6 nitrogen and oxygen atoms in total. The van der Waals surface area contributed by atoms with Gasteiger partial charge in [-0.1, -0.05) is 48.8 Å². The summed E-state index contributed by atoms with van der Waals surface area (Å²) in [5.74, 6) is 1.61. The van der Waals surface area contributed by atoms with Gasteiger partial charge in [0.05, 0.1) is 10.7 Å². The van der Waals surface area contributed by atoms with E-state index in [4.69, 9.17) is 23.2 Å². The van der Waals surface area contributed by atoms with Gasteiger partial charge in [-0.2, -0.15) is 0 Å². The van der Waals surface area contributed by atoms with Crippen LogP contribution in [-0.4, -0.2) is 24.1 Å². The van der Waals surface area contributed by atoms with Crippen LogP contribution in [0.25, 0.3) is 16.3 Å². The van der Waals surface area contributed by atoms with Crippen LogP contribution in [-0.2, 0) is 12.3 Å². The van der Waals surface area contributed by atoms with E-state index in [-0.39, 0.29) is 5.56 Å². The van der Waals surface area contributed by atoms with E-state index in [1.54, 1.807) is 28.8 Å². The molecule has 0 aliphatic rings. The third-order valence-electron chi connectivity index (χ3n) is 4.14. The molecular weight excluding hydrogens is 449 g/mol. The highest BCUT2D eigenvalue weighted by Gasteiger charge is 2.18. The maximum Gasteiger partial charge on any atom is 0.258 e. The summed E-state index contributed by atoms with van der Waals surface area (Å²) < 4.78 is 3.60. The number of hydrogen-bond donors (Lipinski definition) is 0. The van der Waals surface area contributed by atoms with Gasteiger partial charge in [-0.05, 0) is 24.1 Å². The van der Waals surface area contributed by atoms with Crippen LogP contribution in [0.4, 0.5) is 0 Å². The van der Waals surface area contributed by atoms with Crippen molar-refractivity contribution in [3.05, 3.63) is 61.9 Å². The molecular formula is C19H17Cl2N5OS2. The van der Waals surface area contributed by atoms with Gasteiger partial charge in [0, 0.05) is 40.5 Å². The van der Waals surface area contributed by atoms with Crippen molar-refractivity contribution in [2.75, 3.05) is 0 Å². The molecule has 0 aliphatic heterocycles. The van der Waals surface area contributed by atoms with Gasteiger partial charge < -0.3 is 4.57 Å². The fourth-order valence-corrected chi connectivity index (χ4v) is 4.97. The Kier molecular flexibility index (Phi) is 5.96. The lowest BCUT2D eigenvalue weighted by Gasteiger charge is -2.13. The molecule has 0 radical (unpaired) electrons. The van der Waals surface area contributed by atoms with Gasteiger partial charge in [-0.15, -0.1) is 21.5 Å². The Hall–Kier alpha value is -1.87. The van der Waals surface area contributed by atoms with E-state index >= 15 is 0 Å². The second kappa shape index (κ2) is 8.47. The minimum Gasteiger partial charge on any atom is -0.302 e. The molecule has 0 aliphatic carbocycles. The molecule has 4 rings (SSSR count). The lowest BCUT2D eigenvalue weighted by Crippen LogP contribution is -2.12.